The Morgan fingerprint density at radius 3 is 2.90 bits per heavy atom. The predicted octanol–water partition coefficient (Wildman–Crippen LogP) is 2.00. The number of carbonyl (C=O) groups is 2. The Labute approximate surface area is 118 Å². The molecule has 2 aromatic rings. The van der Waals surface area contributed by atoms with E-state index in [-0.39, 0.29) is 12.5 Å². The summed E-state index contributed by atoms with van der Waals surface area (Å²) in [5.74, 6) is -0.538. The Kier molecular flexibility index (Phi) is 3.06. The third-order valence-corrected chi connectivity index (χ3v) is 4.37. The lowest BCUT2D eigenvalue weighted by atomic mass is 10.1. The van der Waals surface area contributed by atoms with Crippen molar-refractivity contribution >= 4 is 23.2 Å². The summed E-state index contributed by atoms with van der Waals surface area (Å²) in [6, 6.07) is 3.52. The quantitative estimate of drug-likeness (QED) is 0.879. The molecule has 0 bridgehead atoms. The third-order valence-electron chi connectivity index (χ3n) is 3.36. The van der Waals surface area contributed by atoms with Crippen LogP contribution in [-0.2, 0) is 4.79 Å². The molecule has 1 saturated carbocycles. The number of amides is 1. The van der Waals surface area contributed by atoms with E-state index < -0.39 is 11.4 Å². The summed E-state index contributed by atoms with van der Waals surface area (Å²) in [5.41, 5.74) is -0.760. The molecule has 1 aliphatic rings. The van der Waals surface area contributed by atoms with E-state index in [1.165, 1.54) is 17.5 Å². The molecule has 6 nitrogen and oxygen atoms in total. The smallest absolute Gasteiger partial charge is 0.311 e. The lowest BCUT2D eigenvalue weighted by Crippen LogP contribution is -2.33. The number of hydrogen-bond acceptors (Lipinski definition) is 5. The fraction of sp³-hybridized carbons (Fsp3) is 0.308. The number of carboxylic acids is 1. The van der Waals surface area contributed by atoms with E-state index in [9.17, 15) is 9.59 Å². The highest BCUT2D eigenvalue weighted by Crippen LogP contribution is 2.45. The number of aliphatic carboxylic acids is 1. The molecule has 2 heterocycles. The molecule has 1 fully saturated rings. The Hall–Kier alpha value is -2.15. The van der Waals surface area contributed by atoms with Crippen LogP contribution < -0.4 is 5.32 Å². The van der Waals surface area contributed by atoms with E-state index >= 15 is 0 Å². The molecule has 0 unspecified atom stereocenters. The Bertz CT molecular complexity index is 643. The maximum atomic E-state index is 12.0. The second-order valence-corrected chi connectivity index (χ2v) is 5.81. The number of thiazole rings is 1. The number of carbonyl (C=O) groups excluding carboxylic acids is 1. The zero-order valence-corrected chi connectivity index (χ0v) is 11.3. The fourth-order valence-corrected chi connectivity index (χ4v) is 2.65. The van der Waals surface area contributed by atoms with Gasteiger partial charge in [-0.05, 0) is 25.0 Å². The molecule has 2 aromatic heterocycles. The molecule has 0 atom stereocenters. The van der Waals surface area contributed by atoms with Gasteiger partial charge in [-0.1, -0.05) is 0 Å². The minimum atomic E-state index is -0.849. The molecular weight excluding hydrogens is 280 g/mol. The molecule has 0 saturated heterocycles. The van der Waals surface area contributed by atoms with Crippen molar-refractivity contribution in [3.63, 3.8) is 0 Å². The molecule has 1 amide bonds. The molecule has 3 rings (SSSR count). The average Bonchev–Trinajstić information content (AvgIpc) is 2.87. The van der Waals surface area contributed by atoms with Crippen LogP contribution in [0.25, 0.3) is 10.8 Å². The number of furan rings is 1. The summed E-state index contributed by atoms with van der Waals surface area (Å²) in [7, 11) is 0. The first-order chi connectivity index (χ1) is 9.61. The van der Waals surface area contributed by atoms with Gasteiger partial charge in [-0.15, -0.1) is 11.3 Å². The molecule has 104 valence electrons. The van der Waals surface area contributed by atoms with Crippen LogP contribution in [0.15, 0.2) is 29.0 Å². The predicted molar refractivity (Wildman–Crippen MR) is 71.5 cm³/mol. The minimum absolute atomic E-state index is 0.162. The number of aromatic nitrogens is 1. The number of carboxylic acid groups (broad SMARTS) is 1. The van der Waals surface area contributed by atoms with Crippen molar-refractivity contribution in [2.45, 2.75) is 12.8 Å². The molecule has 0 aromatic carbocycles. The zero-order valence-electron chi connectivity index (χ0n) is 10.5. The summed E-state index contributed by atoms with van der Waals surface area (Å²) in [4.78, 5) is 27.5. The standard InChI is InChI=1S/C13H12N2O4S/c16-10(15-7-13(3-4-13)12(17)18)9-6-14-11(20-9)8-2-1-5-19-8/h1-2,5-6H,3-4,7H2,(H,15,16)(H,17,18). The van der Waals surface area contributed by atoms with Crippen LogP contribution >= 0.6 is 11.3 Å². The summed E-state index contributed by atoms with van der Waals surface area (Å²) < 4.78 is 5.21. The van der Waals surface area contributed by atoms with Gasteiger partial charge in [0.1, 0.15) is 4.88 Å². The van der Waals surface area contributed by atoms with Crippen molar-refractivity contribution in [3.05, 3.63) is 29.5 Å². The number of rotatable bonds is 5. The Morgan fingerprint density at radius 2 is 2.30 bits per heavy atom. The van der Waals surface area contributed by atoms with Crippen LogP contribution in [0.5, 0.6) is 0 Å². The van der Waals surface area contributed by atoms with Gasteiger partial charge in [0.2, 0.25) is 0 Å². The normalized spacial score (nSPS) is 15.8. The first kappa shape index (κ1) is 12.9. The second kappa shape index (κ2) is 4.75. The molecular formula is C13H12N2O4S. The van der Waals surface area contributed by atoms with E-state index in [0.29, 0.717) is 28.5 Å². The van der Waals surface area contributed by atoms with Gasteiger partial charge in [-0.2, -0.15) is 0 Å². The summed E-state index contributed by atoms with van der Waals surface area (Å²) >= 11 is 1.21. The zero-order chi connectivity index (χ0) is 14.2. The van der Waals surface area contributed by atoms with Gasteiger partial charge in [0.25, 0.3) is 5.91 Å². The molecule has 7 heteroatoms. The van der Waals surface area contributed by atoms with E-state index in [1.54, 1.807) is 18.4 Å². The fourth-order valence-electron chi connectivity index (χ4n) is 1.85. The highest BCUT2D eigenvalue weighted by molar-refractivity contribution is 7.16. The van der Waals surface area contributed by atoms with Crippen LogP contribution in [-0.4, -0.2) is 28.5 Å². The van der Waals surface area contributed by atoms with Crippen molar-refractivity contribution in [1.82, 2.24) is 10.3 Å². The second-order valence-electron chi connectivity index (χ2n) is 4.78. The maximum Gasteiger partial charge on any atom is 0.311 e. The van der Waals surface area contributed by atoms with Crippen molar-refractivity contribution in [2.75, 3.05) is 6.54 Å². The van der Waals surface area contributed by atoms with Crippen molar-refractivity contribution in [2.24, 2.45) is 5.41 Å². The molecule has 20 heavy (non-hydrogen) atoms. The van der Waals surface area contributed by atoms with Crippen molar-refractivity contribution in [1.29, 1.82) is 0 Å². The van der Waals surface area contributed by atoms with Gasteiger partial charge >= 0.3 is 5.97 Å². The van der Waals surface area contributed by atoms with Gasteiger partial charge in [-0.25, -0.2) is 4.98 Å². The van der Waals surface area contributed by atoms with Gasteiger partial charge < -0.3 is 14.8 Å². The highest BCUT2D eigenvalue weighted by atomic mass is 32.1. The van der Waals surface area contributed by atoms with Crippen LogP contribution in [0.1, 0.15) is 22.5 Å². The van der Waals surface area contributed by atoms with E-state index in [2.05, 4.69) is 10.3 Å². The van der Waals surface area contributed by atoms with Crippen LogP contribution in [0, 0.1) is 5.41 Å². The van der Waals surface area contributed by atoms with Crippen molar-refractivity contribution in [3.8, 4) is 10.8 Å². The number of nitrogens with zero attached hydrogens (tertiary/aromatic N) is 1. The lowest BCUT2D eigenvalue weighted by molar-refractivity contribution is -0.143. The van der Waals surface area contributed by atoms with Crippen LogP contribution in [0.3, 0.4) is 0 Å². The largest absolute Gasteiger partial charge is 0.481 e. The van der Waals surface area contributed by atoms with Crippen molar-refractivity contribution < 1.29 is 19.1 Å². The monoisotopic (exact) mass is 292 g/mol. The summed E-state index contributed by atoms with van der Waals surface area (Å²) in [5, 5.41) is 12.3. The molecule has 0 spiro atoms. The first-order valence-electron chi connectivity index (χ1n) is 6.12. The van der Waals surface area contributed by atoms with Crippen LogP contribution in [0.4, 0.5) is 0 Å². The minimum Gasteiger partial charge on any atom is -0.481 e. The average molecular weight is 292 g/mol. The molecule has 0 aliphatic heterocycles. The number of nitrogens with one attached hydrogen (secondary N) is 1. The van der Waals surface area contributed by atoms with E-state index in [1.807, 2.05) is 0 Å². The maximum absolute atomic E-state index is 12.0. The van der Waals surface area contributed by atoms with Gasteiger partial charge in [0.15, 0.2) is 10.8 Å². The van der Waals surface area contributed by atoms with E-state index in [4.69, 9.17) is 9.52 Å². The Morgan fingerprint density at radius 1 is 1.50 bits per heavy atom. The molecule has 0 radical (unpaired) electrons. The topological polar surface area (TPSA) is 92.4 Å². The Balaban J connectivity index is 1.65. The number of hydrogen-bond donors (Lipinski definition) is 2. The van der Waals surface area contributed by atoms with E-state index in [0.717, 1.165) is 0 Å². The van der Waals surface area contributed by atoms with Gasteiger partial charge in [0.05, 0.1) is 17.9 Å². The van der Waals surface area contributed by atoms with Crippen LogP contribution in [0.2, 0.25) is 0 Å². The van der Waals surface area contributed by atoms with Gasteiger partial charge in [-0.3, -0.25) is 9.59 Å². The summed E-state index contributed by atoms with van der Waals surface area (Å²) in [6.07, 6.45) is 4.24. The molecule has 2 N–H and O–H groups in total. The molecule has 1 aliphatic carbocycles. The van der Waals surface area contributed by atoms with Gasteiger partial charge in [0, 0.05) is 6.54 Å². The third kappa shape index (κ3) is 2.32. The first-order valence-corrected chi connectivity index (χ1v) is 6.94. The lowest BCUT2D eigenvalue weighted by Gasteiger charge is -2.09. The summed E-state index contributed by atoms with van der Waals surface area (Å²) in [6.45, 7) is 0.162. The highest BCUT2D eigenvalue weighted by Gasteiger charge is 2.50. The SMILES string of the molecule is O=C(NCC1(C(=O)O)CC1)c1cnc(-c2ccco2)s1.